The van der Waals surface area contributed by atoms with Crippen LogP contribution in [0.15, 0.2) is 34.1 Å². The number of amides is 2. The van der Waals surface area contributed by atoms with Crippen LogP contribution in [0.3, 0.4) is 0 Å². The van der Waals surface area contributed by atoms with Gasteiger partial charge in [-0.1, -0.05) is 12.1 Å². The molecule has 1 N–H and O–H groups in total. The van der Waals surface area contributed by atoms with Crippen molar-refractivity contribution >= 4 is 40.7 Å². The normalized spacial score (nSPS) is 17.9. The zero-order valence-corrected chi connectivity index (χ0v) is 10.2. The molecule has 0 aliphatic carbocycles. The van der Waals surface area contributed by atoms with Gasteiger partial charge in [-0.3, -0.25) is 14.9 Å². The van der Waals surface area contributed by atoms with E-state index < -0.39 is 0 Å². The molecule has 1 fully saturated rings. The van der Waals surface area contributed by atoms with Gasteiger partial charge < -0.3 is 0 Å². The Balaban J connectivity index is 2.22. The Morgan fingerprint density at radius 1 is 1.25 bits per heavy atom. The summed E-state index contributed by atoms with van der Waals surface area (Å²) in [7, 11) is 0. The lowest BCUT2D eigenvalue weighted by Gasteiger charge is -1.97. The summed E-state index contributed by atoms with van der Waals surface area (Å²) in [5.74, 6) is -0.316. The van der Waals surface area contributed by atoms with E-state index in [0.717, 1.165) is 17.3 Å². The van der Waals surface area contributed by atoms with Crippen molar-refractivity contribution in [3.05, 3.63) is 34.7 Å². The molecule has 1 aliphatic heterocycles. The smallest absolute Gasteiger partial charge is 0.282 e. The van der Waals surface area contributed by atoms with E-state index in [1.165, 1.54) is 4.90 Å². The molecule has 0 unspecified atom stereocenters. The van der Waals surface area contributed by atoms with Crippen LogP contribution >= 0.6 is 23.5 Å². The average molecular weight is 251 g/mol. The van der Waals surface area contributed by atoms with Gasteiger partial charge in [-0.25, -0.2) is 0 Å². The molecule has 5 heteroatoms. The first kappa shape index (κ1) is 11.3. The van der Waals surface area contributed by atoms with Crippen molar-refractivity contribution in [3.8, 4) is 0 Å². The lowest BCUT2D eigenvalue weighted by Crippen LogP contribution is -2.17. The monoisotopic (exact) mass is 251 g/mol. The van der Waals surface area contributed by atoms with Gasteiger partial charge in [0.2, 0.25) is 0 Å². The molecule has 3 nitrogen and oxygen atoms in total. The van der Waals surface area contributed by atoms with E-state index in [1.807, 2.05) is 30.5 Å². The average Bonchev–Trinajstić information content (AvgIpc) is 2.59. The number of nitrogens with one attached hydrogen (secondary N) is 1. The molecule has 1 heterocycles. The number of imide groups is 1. The number of carbonyl (C=O) groups is 2. The van der Waals surface area contributed by atoms with Crippen LogP contribution in [0.5, 0.6) is 0 Å². The first-order valence-corrected chi connectivity index (χ1v) is 6.62. The molecule has 0 radical (unpaired) electrons. The van der Waals surface area contributed by atoms with Crippen LogP contribution in [0.25, 0.3) is 6.08 Å². The van der Waals surface area contributed by atoms with E-state index >= 15 is 0 Å². The van der Waals surface area contributed by atoms with E-state index in [9.17, 15) is 9.59 Å². The maximum absolute atomic E-state index is 11.3. The fraction of sp³-hybridized carbons (Fsp3) is 0.0909. The van der Waals surface area contributed by atoms with Gasteiger partial charge in [0.15, 0.2) is 0 Å². The van der Waals surface area contributed by atoms with E-state index in [0.29, 0.717) is 4.91 Å². The van der Waals surface area contributed by atoms with Gasteiger partial charge in [0.05, 0.1) is 4.91 Å². The summed E-state index contributed by atoms with van der Waals surface area (Å²) in [5.41, 5.74) is 0.921. The lowest BCUT2D eigenvalue weighted by atomic mass is 10.2. The highest BCUT2D eigenvalue weighted by Crippen LogP contribution is 2.26. The molecule has 0 aromatic heterocycles. The van der Waals surface area contributed by atoms with Crippen molar-refractivity contribution in [2.75, 3.05) is 6.26 Å². The summed E-state index contributed by atoms with van der Waals surface area (Å²) in [5, 5.41) is 1.91. The number of hydrogen-bond acceptors (Lipinski definition) is 4. The maximum atomic E-state index is 11.3. The van der Waals surface area contributed by atoms with Crippen molar-refractivity contribution in [1.82, 2.24) is 5.32 Å². The summed E-state index contributed by atoms with van der Waals surface area (Å²) in [6, 6.07) is 7.82. The van der Waals surface area contributed by atoms with Gasteiger partial charge in [0, 0.05) is 4.90 Å². The molecule has 1 saturated heterocycles. The first-order chi connectivity index (χ1) is 7.69. The minimum absolute atomic E-state index is 0.308. The highest BCUT2D eigenvalue weighted by molar-refractivity contribution is 8.18. The third-order valence-electron chi connectivity index (χ3n) is 2.06. The number of hydrogen-bond donors (Lipinski definition) is 1. The van der Waals surface area contributed by atoms with Gasteiger partial charge in [-0.05, 0) is 41.8 Å². The summed E-state index contributed by atoms with van der Waals surface area (Å²) >= 11 is 2.60. The third kappa shape index (κ3) is 2.48. The molecule has 2 amide bonds. The summed E-state index contributed by atoms with van der Waals surface area (Å²) < 4.78 is 0. The molecule has 16 heavy (non-hydrogen) atoms. The first-order valence-electron chi connectivity index (χ1n) is 4.58. The van der Waals surface area contributed by atoms with Crippen LogP contribution in [-0.2, 0) is 4.79 Å². The fourth-order valence-electron chi connectivity index (χ4n) is 1.27. The predicted molar refractivity (Wildman–Crippen MR) is 67.3 cm³/mol. The maximum Gasteiger partial charge on any atom is 0.290 e. The molecule has 1 aliphatic rings. The lowest BCUT2D eigenvalue weighted by molar-refractivity contribution is -0.115. The Labute approximate surface area is 102 Å². The molecule has 82 valence electrons. The fourth-order valence-corrected chi connectivity index (χ4v) is 2.36. The third-order valence-corrected chi connectivity index (χ3v) is 3.61. The minimum atomic E-state index is -0.316. The molecule has 1 aromatic rings. The van der Waals surface area contributed by atoms with E-state index in [-0.39, 0.29) is 11.1 Å². The number of thioether (sulfide) groups is 2. The molecule has 0 saturated carbocycles. The summed E-state index contributed by atoms with van der Waals surface area (Å²) in [6.07, 6.45) is 3.72. The molecule has 0 bridgehead atoms. The van der Waals surface area contributed by atoms with Crippen LogP contribution < -0.4 is 5.32 Å². The van der Waals surface area contributed by atoms with Gasteiger partial charge in [-0.15, -0.1) is 11.8 Å². The largest absolute Gasteiger partial charge is 0.290 e. The van der Waals surface area contributed by atoms with Crippen molar-refractivity contribution in [1.29, 1.82) is 0 Å². The Morgan fingerprint density at radius 2 is 1.94 bits per heavy atom. The summed E-state index contributed by atoms with van der Waals surface area (Å²) in [6.45, 7) is 0. The number of carbonyl (C=O) groups excluding carboxylic acids is 2. The zero-order valence-electron chi connectivity index (χ0n) is 8.52. The molecule has 0 atom stereocenters. The molecule has 1 aromatic carbocycles. The Bertz CT molecular complexity index is 465. The van der Waals surface area contributed by atoms with Crippen LogP contribution in [0.1, 0.15) is 5.56 Å². The van der Waals surface area contributed by atoms with Gasteiger partial charge in [0.1, 0.15) is 0 Å². The molecule has 2 rings (SSSR count). The van der Waals surface area contributed by atoms with E-state index in [2.05, 4.69) is 5.32 Å². The molecular formula is C11H9NO2S2. The minimum Gasteiger partial charge on any atom is -0.282 e. The SMILES string of the molecule is CSc1ccc(/C=C2/SC(=O)NC2=O)cc1. The predicted octanol–water partition coefficient (Wildman–Crippen LogP) is 2.73. The highest BCUT2D eigenvalue weighted by atomic mass is 32.2. The van der Waals surface area contributed by atoms with Crippen molar-refractivity contribution in [2.45, 2.75) is 4.90 Å². The zero-order chi connectivity index (χ0) is 11.5. The van der Waals surface area contributed by atoms with Crippen molar-refractivity contribution in [3.63, 3.8) is 0 Å². The van der Waals surface area contributed by atoms with E-state index in [4.69, 9.17) is 0 Å². The second kappa shape index (κ2) is 4.76. The van der Waals surface area contributed by atoms with Crippen LogP contribution in [0.2, 0.25) is 0 Å². The quantitative estimate of drug-likeness (QED) is 0.648. The molecular weight excluding hydrogens is 242 g/mol. The molecule has 0 spiro atoms. The van der Waals surface area contributed by atoms with Gasteiger partial charge in [0.25, 0.3) is 11.1 Å². The Kier molecular flexibility index (Phi) is 3.36. The topological polar surface area (TPSA) is 46.2 Å². The van der Waals surface area contributed by atoms with Crippen LogP contribution in [0.4, 0.5) is 4.79 Å². The number of rotatable bonds is 2. The van der Waals surface area contributed by atoms with Crippen molar-refractivity contribution < 1.29 is 9.59 Å². The summed E-state index contributed by atoms with van der Waals surface area (Å²) in [4.78, 5) is 23.8. The van der Waals surface area contributed by atoms with Crippen molar-refractivity contribution in [2.24, 2.45) is 0 Å². The van der Waals surface area contributed by atoms with Crippen LogP contribution in [0, 0.1) is 0 Å². The number of benzene rings is 1. The second-order valence-electron chi connectivity index (χ2n) is 3.13. The van der Waals surface area contributed by atoms with E-state index in [1.54, 1.807) is 17.8 Å². The Morgan fingerprint density at radius 3 is 2.44 bits per heavy atom. The Hall–Kier alpha value is -1.20. The van der Waals surface area contributed by atoms with Gasteiger partial charge in [-0.2, -0.15) is 0 Å². The second-order valence-corrected chi connectivity index (χ2v) is 5.02. The van der Waals surface area contributed by atoms with Gasteiger partial charge >= 0.3 is 0 Å². The standard InChI is InChI=1S/C11H9NO2S2/c1-15-8-4-2-7(3-5-8)6-9-10(13)12-11(14)16-9/h2-6H,1H3,(H,12,13,14)/b9-6+. The van der Waals surface area contributed by atoms with Crippen LogP contribution in [-0.4, -0.2) is 17.4 Å². The highest BCUT2D eigenvalue weighted by Gasteiger charge is 2.24.